The fourth-order valence-corrected chi connectivity index (χ4v) is 1.85. The van der Waals surface area contributed by atoms with Crippen LogP contribution in [0.4, 0.5) is 19.0 Å². The Hall–Kier alpha value is -2.57. The molecule has 0 aliphatic heterocycles. The summed E-state index contributed by atoms with van der Waals surface area (Å²) in [5, 5.41) is 8.66. The zero-order valence-electron chi connectivity index (χ0n) is 10.7. The molecule has 1 aromatic heterocycles. The lowest BCUT2D eigenvalue weighted by Crippen LogP contribution is -2.05. The third-order valence-electron chi connectivity index (χ3n) is 2.84. The molecule has 1 heterocycles. The quantitative estimate of drug-likeness (QED) is 0.913. The first-order chi connectivity index (χ1) is 9.77. The fourth-order valence-electron chi connectivity index (χ4n) is 1.85. The maximum Gasteiger partial charge on any atom is 0.416 e. The standard InChI is InChI=1S/C14H11F3N2O2/c15-14(16,17)9-3-1-8(2-4-9)11-6-5-10(7-12(20)21)19-13(11)18/h1-6H,7H2,(H2,18,19)(H,20,21). The largest absolute Gasteiger partial charge is 0.481 e. The van der Waals surface area contributed by atoms with Crippen molar-refractivity contribution in [2.75, 3.05) is 5.73 Å². The highest BCUT2D eigenvalue weighted by Gasteiger charge is 2.30. The van der Waals surface area contributed by atoms with Crippen molar-refractivity contribution in [3.63, 3.8) is 0 Å². The number of nitrogens with zero attached hydrogens (tertiary/aromatic N) is 1. The summed E-state index contributed by atoms with van der Waals surface area (Å²) in [4.78, 5) is 14.5. The number of aliphatic carboxylic acids is 1. The van der Waals surface area contributed by atoms with Crippen LogP contribution in [0.1, 0.15) is 11.3 Å². The van der Waals surface area contributed by atoms with Gasteiger partial charge in [-0.1, -0.05) is 12.1 Å². The molecule has 0 aliphatic carbocycles. The van der Waals surface area contributed by atoms with Gasteiger partial charge in [-0.05, 0) is 29.8 Å². The molecule has 0 spiro atoms. The molecule has 7 heteroatoms. The number of carboxylic acids is 1. The van der Waals surface area contributed by atoms with Crippen molar-refractivity contribution in [1.29, 1.82) is 0 Å². The number of nitrogen functional groups attached to an aromatic ring is 1. The third-order valence-corrected chi connectivity index (χ3v) is 2.84. The number of alkyl halides is 3. The summed E-state index contributed by atoms with van der Waals surface area (Å²) < 4.78 is 37.4. The average molecular weight is 296 g/mol. The highest BCUT2D eigenvalue weighted by atomic mass is 19.4. The van der Waals surface area contributed by atoms with E-state index < -0.39 is 17.7 Å². The van der Waals surface area contributed by atoms with Crippen LogP contribution in [-0.4, -0.2) is 16.1 Å². The summed E-state index contributed by atoms with van der Waals surface area (Å²) in [5.41, 5.74) is 6.20. The van der Waals surface area contributed by atoms with Gasteiger partial charge in [0.25, 0.3) is 0 Å². The molecule has 0 aliphatic rings. The summed E-state index contributed by atoms with van der Waals surface area (Å²) in [5.74, 6) is -0.960. The van der Waals surface area contributed by atoms with E-state index in [0.717, 1.165) is 12.1 Å². The lowest BCUT2D eigenvalue weighted by atomic mass is 10.0. The second-order valence-corrected chi connectivity index (χ2v) is 4.38. The monoisotopic (exact) mass is 296 g/mol. The zero-order valence-corrected chi connectivity index (χ0v) is 10.7. The Balaban J connectivity index is 2.32. The topological polar surface area (TPSA) is 76.2 Å². The number of carbonyl (C=O) groups is 1. The molecule has 0 unspecified atom stereocenters. The molecular formula is C14H11F3N2O2. The minimum atomic E-state index is -4.40. The summed E-state index contributed by atoms with van der Waals surface area (Å²) in [6.45, 7) is 0. The minimum Gasteiger partial charge on any atom is -0.481 e. The highest BCUT2D eigenvalue weighted by molar-refractivity contribution is 5.75. The van der Waals surface area contributed by atoms with Gasteiger partial charge in [0.05, 0.1) is 17.7 Å². The van der Waals surface area contributed by atoms with Crippen LogP contribution in [0, 0.1) is 0 Å². The molecule has 1 aromatic carbocycles. The second kappa shape index (κ2) is 5.43. The number of benzene rings is 1. The van der Waals surface area contributed by atoms with E-state index >= 15 is 0 Å². The summed E-state index contributed by atoms with van der Waals surface area (Å²) in [6.07, 6.45) is -4.66. The van der Waals surface area contributed by atoms with Crippen LogP contribution >= 0.6 is 0 Å². The summed E-state index contributed by atoms with van der Waals surface area (Å²) >= 11 is 0. The molecular weight excluding hydrogens is 285 g/mol. The number of hydrogen-bond acceptors (Lipinski definition) is 3. The normalized spacial score (nSPS) is 11.4. The van der Waals surface area contributed by atoms with Crippen molar-refractivity contribution in [1.82, 2.24) is 4.98 Å². The van der Waals surface area contributed by atoms with Crippen molar-refractivity contribution in [2.45, 2.75) is 12.6 Å². The van der Waals surface area contributed by atoms with Crippen LogP contribution in [0.5, 0.6) is 0 Å². The molecule has 0 atom stereocenters. The van der Waals surface area contributed by atoms with Gasteiger partial charge >= 0.3 is 12.1 Å². The van der Waals surface area contributed by atoms with Crippen LogP contribution in [-0.2, 0) is 17.4 Å². The number of carboxylic acid groups (broad SMARTS) is 1. The van der Waals surface area contributed by atoms with Gasteiger partial charge in [-0.25, -0.2) is 4.98 Å². The SMILES string of the molecule is Nc1nc(CC(=O)O)ccc1-c1ccc(C(F)(F)F)cc1. The first-order valence-corrected chi connectivity index (χ1v) is 5.92. The van der Waals surface area contributed by atoms with E-state index in [1.54, 1.807) is 6.07 Å². The van der Waals surface area contributed by atoms with Gasteiger partial charge in [0.15, 0.2) is 0 Å². The Morgan fingerprint density at radius 3 is 2.24 bits per heavy atom. The molecule has 110 valence electrons. The van der Waals surface area contributed by atoms with Crippen molar-refractivity contribution in [2.24, 2.45) is 0 Å². The van der Waals surface area contributed by atoms with E-state index in [1.807, 2.05) is 0 Å². The molecule has 0 bridgehead atoms. The average Bonchev–Trinajstić information content (AvgIpc) is 2.37. The molecule has 21 heavy (non-hydrogen) atoms. The Morgan fingerprint density at radius 2 is 1.76 bits per heavy atom. The van der Waals surface area contributed by atoms with E-state index in [0.29, 0.717) is 11.1 Å². The Bertz CT molecular complexity index is 667. The van der Waals surface area contributed by atoms with E-state index in [2.05, 4.69) is 4.98 Å². The van der Waals surface area contributed by atoms with Gasteiger partial charge < -0.3 is 10.8 Å². The van der Waals surface area contributed by atoms with Gasteiger partial charge in [0.2, 0.25) is 0 Å². The molecule has 0 radical (unpaired) electrons. The first kappa shape index (κ1) is 14.8. The van der Waals surface area contributed by atoms with Gasteiger partial charge in [-0.2, -0.15) is 13.2 Å². The van der Waals surface area contributed by atoms with Crippen molar-refractivity contribution >= 4 is 11.8 Å². The van der Waals surface area contributed by atoms with Crippen LogP contribution in [0.15, 0.2) is 36.4 Å². The number of hydrogen-bond donors (Lipinski definition) is 2. The van der Waals surface area contributed by atoms with Gasteiger partial charge in [-0.3, -0.25) is 4.79 Å². The fraction of sp³-hybridized carbons (Fsp3) is 0.143. The molecule has 0 fully saturated rings. The van der Waals surface area contributed by atoms with Gasteiger partial charge in [0.1, 0.15) is 5.82 Å². The van der Waals surface area contributed by atoms with Gasteiger partial charge in [0, 0.05) is 5.56 Å². The van der Waals surface area contributed by atoms with Crippen LogP contribution < -0.4 is 5.73 Å². The predicted molar refractivity (Wildman–Crippen MR) is 70.4 cm³/mol. The predicted octanol–water partition coefficient (Wildman–Crippen LogP) is 2.98. The van der Waals surface area contributed by atoms with E-state index in [-0.39, 0.29) is 17.9 Å². The third kappa shape index (κ3) is 3.50. The Labute approximate surface area is 118 Å². The Kier molecular flexibility index (Phi) is 3.84. The number of nitrogens with two attached hydrogens (primary N) is 1. The molecule has 3 N–H and O–H groups in total. The van der Waals surface area contributed by atoms with Crippen LogP contribution in [0.25, 0.3) is 11.1 Å². The highest BCUT2D eigenvalue weighted by Crippen LogP contribution is 2.32. The van der Waals surface area contributed by atoms with Crippen LogP contribution in [0.2, 0.25) is 0 Å². The molecule has 2 rings (SSSR count). The number of aromatic nitrogens is 1. The van der Waals surface area contributed by atoms with Gasteiger partial charge in [-0.15, -0.1) is 0 Å². The molecule has 4 nitrogen and oxygen atoms in total. The molecule has 0 saturated heterocycles. The van der Waals surface area contributed by atoms with E-state index in [1.165, 1.54) is 18.2 Å². The van der Waals surface area contributed by atoms with Crippen molar-refractivity contribution in [3.8, 4) is 11.1 Å². The van der Waals surface area contributed by atoms with Crippen LogP contribution in [0.3, 0.4) is 0 Å². The molecule has 2 aromatic rings. The number of halogens is 3. The Morgan fingerprint density at radius 1 is 1.14 bits per heavy atom. The summed E-state index contributed by atoms with van der Waals surface area (Å²) in [6, 6.07) is 7.54. The first-order valence-electron chi connectivity index (χ1n) is 5.92. The summed E-state index contributed by atoms with van der Waals surface area (Å²) in [7, 11) is 0. The zero-order chi connectivity index (χ0) is 15.6. The second-order valence-electron chi connectivity index (χ2n) is 4.38. The number of pyridine rings is 1. The number of rotatable bonds is 3. The van der Waals surface area contributed by atoms with Crippen molar-refractivity contribution < 1.29 is 23.1 Å². The maximum atomic E-state index is 12.5. The smallest absolute Gasteiger partial charge is 0.416 e. The molecule has 0 saturated carbocycles. The van der Waals surface area contributed by atoms with E-state index in [9.17, 15) is 18.0 Å². The maximum absolute atomic E-state index is 12.5. The minimum absolute atomic E-state index is 0.0773. The number of anilines is 1. The lowest BCUT2D eigenvalue weighted by Gasteiger charge is -2.09. The lowest BCUT2D eigenvalue weighted by molar-refractivity contribution is -0.138. The van der Waals surface area contributed by atoms with E-state index in [4.69, 9.17) is 10.8 Å². The molecule has 0 amide bonds. The van der Waals surface area contributed by atoms with Crippen molar-refractivity contribution in [3.05, 3.63) is 47.7 Å².